The van der Waals surface area contributed by atoms with Gasteiger partial charge in [-0.1, -0.05) is 12.2 Å². The van der Waals surface area contributed by atoms with E-state index in [1.54, 1.807) is 0 Å². The molecule has 1 aliphatic heterocycles. The molecule has 0 aliphatic carbocycles. The molecule has 0 aromatic rings. The van der Waals surface area contributed by atoms with Crippen molar-refractivity contribution in [3.63, 3.8) is 0 Å². The smallest absolute Gasteiger partial charge is 0.241 e. The number of amides is 2. The second-order valence-electron chi connectivity index (χ2n) is 3.33. The van der Waals surface area contributed by atoms with E-state index in [9.17, 15) is 18.0 Å². The molecule has 1 saturated heterocycles. The van der Waals surface area contributed by atoms with Crippen LogP contribution in [0.3, 0.4) is 0 Å². The Hall–Kier alpha value is -1.06. The van der Waals surface area contributed by atoms with Crippen LogP contribution in [0.1, 0.15) is 6.92 Å². The number of sulfonamides is 1. The minimum atomic E-state index is -3.84. The van der Waals surface area contributed by atoms with Crippen LogP contribution < -0.4 is 11.1 Å². The molecule has 0 aromatic heterocycles. The molecule has 0 bridgehead atoms. The highest BCUT2D eigenvalue weighted by atomic mass is 32.2. The van der Waals surface area contributed by atoms with Gasteiger partial charge < -0.3 is 5.73 Å². The first kappa shape index (κ1) is 13.0. The molecule has 1 fully saturated rings. The van der Waals surface area contributed by atoms with Gasteiger partial charge in [-0.2, -0.15) is 4.31 Å². The number of carbonyl (C=O) groups excluding carboxylic acids is 2. The molecule has 2 amide bonds. The van der Waals surface area contributed by atoms with Crippen LogP contribution in [0.2, 0.25) is 0 Å². The van der Waals surface area contributed by atoms with Crippen molar-refractivity contribution < 1.29 is 18.0 Å². The average Bonchev–Trinajstić information content (AvgIpc) is 2.14. The number of thiocarbonyl (C=S) groups is 1. The van der Waals surface area contributed by atoms with E-state index in [2.05, 4.69) is 12.2 Å². The fraction of sp³-hybridized carbons (Fsp3) is 0.571. The maximum Gasteiger partial charge on any atom is 0.241 e. The van der Waals surface area contributed by atoms with Gasteiger partial charge in [0, 0.05) is 0 Å². The average molecular weight is 265 g/mol. The quantitative estimate of drug-likeness (QED) is 0.449. The predicted molar refractivity (Wildman–Crippen MR) is 59.9 cm³/mol. The van der Waals surface area contributed by atoms with Crippen LogP contribution in [-0.4, -0.2) is 47.9 Å². The predicted octanol–water partition coefficient (Wildman–Crippen LogP) is -2.05. The van der Waals surface area contributed by atoms with E-state index in [4.69, 9.17) is 5.73 Å². The first-order valence-corrected chi connectivity index (χ1v) is 6.27. The van der Waals surface area contributed by atoms with E-state index < -0.39 is 27.1 Å². The van der Waals surface area contributed by atoms with Crippen LogP contribution in [0, 0.1) is 0 Å². The summed E-state index contributed by atoms with van der Waals surface area (Å²) in [6, 6.07) is 0. The fourth-order valence-corrected chi connectivity index (χ4v) is 2.86. The van der Waals surface area contributed by atoms with E-state index in [-0.39, 0.29) is 18.1 Å². The van der Waals surface area contributed by atoms with E-state index in [0.29, 0.717) is 0 Å². The first-order chi connectivity index (χ1) is 7.25. The molecule has 90 valence electrons. The van der Waals surface area contributed by atoms with E-state index in [1.807, 2.05) is 5.32 Å². The van der Waals surface area contributed by atoms with Gasteiger partial charge in [-0.05, 0) is 6.92 Å². The maximum absolute atomic E-state index is 11.8. The molecule has 0 saturated carbocycles. The van der Waals surface area contributed by atoms with Crippen LogP contribution in [0.15, 0.2) is 0 Å². The number of carbonyl (C=O) groups is 2. The Kier molecular flexibility index (Phi) is 3.61. The summed E-state index contributed by atoms with van der Waals surface area (Å²) in [6.45, 7) is 0.538. The molecule has 16 heavy (non-hydrogen) atoms. The van der Waals surface area contributed by atoms with Gasteiger partial charge >= 0.3 is 0 Å². The Balaban J connectivity index is 2.96. The summed E-state index contributed by atoms with van der Waals surface area (Å²) in [6.07, 6.45) is 0. The van der Waals surface area contributed by atoms with E-state index in [1.165, 1.54) is 6.92 Å². The Labute approximate surface area is 98.0 Å². The Bertz CT molecular complexity index is 429. The second kappa shape index (κ2) is 4.44. The second-order valence-corrected chi connectivity index (χ2v) is 6.05. The molecule has 7 nitrogen and oxygen atoms in total. The minimum absolute atomic E-state index is 0.196. The van der Waals surface area contributed by atoms with Crippen LogP contribution in [0.25, 0.3) is 0 Å². The number of nitrogens with two attached hydrogens (primary N) is 1. The molecule has 0 aromatic carbocycles. The van der Waals surface area contributed by atoms with Gasteiger partial charge in [0.25, 0.3) is 0 Å². The number of hydrogen-bond acceptors (Lipinski definition) is 5. The zero-order chi connectivity index (χ0) is 12.5. The van der Waals surface area contributed by atoms with E-state index >= 15 is 0 Å². The van der Waals surface area contributed by atoms with Crippen molar-refractivity contribution >= 4 is 39.0 Å². The topological polar surface area (TPSA) is 110 Å². The monoisotopic (exact) mass is 265 g/mol. The lowest BCUT2D eigenvalue weighted by atomic mass is 10.4. The molecular weight excluding hydrogens is 254 g/mol. The van der Waals surface area contributed by atoms with Gasteiger partial charge in [0.1, 0.15) is 5.25 Å². The van der Waals surface area contributed by atoms with Crippen LogP contribution in [0.5, 0.6) is 0 Å². The number of imide groups is 1. The summed E-state index contributed by atoms with van der Waals surface area (Å²) in [7, 11) is -3.84. The normalized spacial score (nSPS) is 20.3. The highest BCUT2D eigenvalue weighted by Crippen LogP contribution is 2.10. The van der Waals surface area contributed by atoms with Crippen LogP contribution >= 0.6 is 12.2 Å². The zero-order valence-electron chi connectivity index (χ0n) is 8.47. The number of rotatable bonds is 3. The molecule has 1 aliphatic rings. The summed E-state index contributed by atoms with van der Waals surface area (Å²) >= 11 is 4.58. The lowest BCUT2D eigenvalue weighted by Crippen LogP contribution is -2.56. The minimum Gasteiger partial charge on any atom is -0.392 e. The van der Waals surface area contributed by atoms with Gasteiger partial charge in [-0.25, -0.2) is 8.42 Å². The Morgan fingerprint density at radius 2 is 1.88 bits per heavy atom. The third-order valence-electron chi connectivity index (χ3n) is 2.13. The maximum atomic E-state index is 11.8. The highest BCUT2D eigenvalue weighted by Gasteiger charge is 2.36. The molecular formula is C7H11N3O4S2. The molecule has 1 atom stereocenters. The number of hydrogen-bond donors (Lipinski definition) is 2. The molecule has 3 N–H and O–H groups in total. The lowest BCUT2D eigenvalue weighted by molar-refractivity contribution is -0.134. The summed E-state index contributed by atoms with van der Waals surface area (Å²) in [5.74, 6) is -1.31. The molecule has 0 spiro atoms. The van der Waals surface area contributed by atoms with Crippen molar-refractivity contribution in [2.45, 2.75) is 12.2 Å². The Morgan fingerprint density at radius 1 is 1.44 bits per heavy atom. The van der Waals surface area contributed by atoms with Crippen molar-refractivity contribution in [3.8, 4) is 0 Å². The third-order valence-corrected chi connectivity index (χ3v) is 4.75. The summed E-state index contributed by atoms with van der Waals surface area (Å²) < 4.78 is 24.5. The van der Waals surface area contributed by atoms with Gasteiger partial charge in [0.15, 0.2) is 0 Å². The third kappa shape index (κ3) is 2.54. The molecule has 1 unspecified atom stereocenters. The van der Waals surface area contributed by atoms with Gasteiger partial charge in [0.2, 0.25) is 21.8 Å². The van der Waals surface area contributed by atoms with Gasteiger partial charge in [-0.15, -0.1) is 0 Å². The van der Waals surface area contributed by atoms with Gasteiger partial charge in [0.05, 0.1) is 18.1 Å². The standard InChI is InChI=1S/C7H11N3O4S2/c1-4(7(8)15)16(13,14)10-2-5(11)9-6(12)3-10/h4H,2-3H2,1H3,(H2,8,15)(H,9,11,12). The lowest BCUT2D eigenvalue weighted by Gasteiger charge is -2.27. The van der Waals surface area contributed by atoms with Crippen molar-refractivity contribution in [1.29, 1.82) is 0 Å². The molecule has 9 heteroatoms. The number of nitrogens with one attached hydrogen (secondary N) is 1. The van der Waals surface area contributed by atoms with Crippen LogP contribution in [-0.2, 0) is 19.6 Å². The highest BCUT2D eigenvalue weighted by molar-refractivity contribution is 7.92. The van der Waals surface area contributed by atoms with Gasteiger partial charge in [-0.3, -0.25) is 14.9 Å². The zero-order valence-corrected chi connectivity index (χ0v) is 10.1. The molecule has 1 heterocycles. The fourth-order valence-electron chi connectivity index (χ4n) is 1.16. The number of nitrogens with zero attached hydrogens (tertiary/aromatic N) is 1. The SMILES string of the molecule is CC(C(N)=S)S(=O)(=O)N1CC(=O)NC(=O)C1. The first-order valence-electron chi connectivity index (χ1n) is 4.36. The van der Waals surface area contributed by atoms with Crippen molar-refractivity contribution in [3.05, 3.63) is 0 Å². The van der Waals surface area contributed by atoms with Crippen LogP contribution in [0.4, 0.5) is 0 Å². The van der Waals surface area contributed by atoms with Crippen molar-refractivity contribution in [2.75, 3.05) is 13.1 Å². The van der Waals surface area contributed by atoms with Crippen molar-refractivity contribution in [2.24, 2.45) is 5.73 Å². The molecule has 1 rings (SSSR count). The summed E-state index contributed by atoms with van der Waals surface area (Å²) in [5, 5.41) is 0.905. The van der Waals surface area contributed by atoms with E-state index in [0.717, 1.165) is 4.31 Å². The molecule has 0 radical (unpaired) electrons. The largest absolute Gasteiger partial charge is 0.392 e. The number of piperazine rings is 1. The van der Waals surface area contributed by atoms with Crippen molar-refractivity contribution in [1.82, 2.24) is 9.62 Å². The Morgan fingerprint density at radius 3 is 2.25 bits per heavy atom. The summed E-state index contributed by atoms with van der Waals surface area (Å²) in [5.41, 5.74) is 5.24. The summed E-state index contributed by atoms with van der Waals surface area (Å²) in [4.78, 5) is 21.8.